The molecule has 5 nitrogen and oxygen atoms in total. The average molecular weight is 347 g/mol. The van der Waals surface area contributed by atoms with Crippen LogP contribution in [0.4, 0.5) is 0 Å². The summed E-state index contributed by atoms with van der Waals surface area (Å²) in [5.74, 6) is 0.681. The number of hydrogen-bond acceptors (Lipinski definition) is 5. The summed E-state index contributed by atoms with van der Waals surface area (Å²) in [6.45, 7) is 7.84. The van der Waals surface area contributed by atoms with E-state index in [2.05, 4.69) is 37.1 Å². The third-order valence-corrected chi connectivity index (χ3v) is 4.39. The number of aromatic nitrogens is 1. The summed E-state index contributed by atoms with van der Waals surface area (Å²) in [5, 5.41) is 5.48. The zero-order valence-electron chi connectivity index (χ0n) is 14.5. The van der Waals surface area contributed by atoms with Gasteiger partial charge in [0.15, 0.2) is 0 Å². The smallest absolute Gasteiger partial charge is 0.270 e. The first kappa shape index (κ1) is 18.4. The van der Waals surface area contributed by atoms with Crippen molar-refractivity contribution in [3.63, 3.8) is 0 Å². The molecule has 0 bridgehead atoms. The standard InChI is InChI=1S/C18H25N3O2S/c1-18(2,3)13-6-4-5-7-15(13)23-11-10-20-17(22)14-12-24-16(21-14)8-9-19/h4-7,12H,8-11,19H2,1-3H3,(H,20,22). The summed E-state index contributed by atoms with van der Waals surface area (Å²) in [6.07, 6.45) is 0.699. The molecule has 130 valence electrons. The number of nitrogens with two attached hydrogens (primary N) is 1. The lowest BCUT2D eigenvalue weighted by Gasteiger charge is -2.22. The second-order valence-corrected chi connectivity index (χ2v) is 7.46. The summed E-state index contributed by atoms with van der Waals surface area (Å²) in [6, 6.07) is 8.00. The second kappa shape index (κ2) is 8.26. The highest BCUT2D eigenvalue weighted by Crippen LogP contribution is 2.30. The third-order valence-electron chi connectivity index (χ3n) is 3.48. The summed E-state index contributed by atoms with van der Waals surface area (Å²) in [4.78, 5) is 16.3. The van der Waals surface area contributed by atoms with Crippen molar-refractivity contribution in [1.82, 2.24) is 10.3 Å². The molecule has 0 saturated heterocycles. The van der Waals surface area contributed by atoms with Gasteiger partial charge < -0.3 is 15.8 Å². The monoisotopic (exact) mass is 347 g/mol. The van der Waals surface area contributed by atoms with Crippen LogP contribution < -0.4 is 15.8 Å². The maximum Gasteiger partial charge on any atom is 0.270 e. The predicted octanol–water partition coefficient (Wildman–Crippen LogP) is 2.75. The van der Waals surface area contributed by atoms with Crippen LogP contribution in [0.1, 0.15) is 41.8 Å². The maximum atomic E-state index is 12.0. The molecule has 0 unspecified atom stereocenters. The molecule has 0 fully saturated rings. The van der Waals surface area contributed by atoms with Gasteiger partial charge in [-0.1, -0.05) is 39.0 Å². The Morgan fingerprint density at radius 2 is 2.08 bits per heavy atom. The number of thiazole rings is 1. The van der Waals surface area contributed by atoms with Gasteiger partial charge in [0.1, 0.15) is 18.1 Å². The van der Waals surface area contributed by atoms with Crippen LogP contribution in [0.2, 0.25) is 0 Å². The number of benzene rings is 1. The van der Waals surface area contributed by atoms with Crippen LogP contribution in [-0.2, 0) is 11.8 Å². The van der Waals surface area contributed by atoms with Crippen LogP contribution in [0, 0.1) is 0 Å². The number of para-hydroxylation sites is 1. The van der Waals surface area contributed by atoms with Gasteiger partial charge in [0.25, 0.3) is 5.91 Å². The van der Waals surface area contributed by atoms with Crippen LogP contribution >= 0.6 is 11.3 Å². The van der Waals surface area contributed by atoms with Gasteiger partial charge in [-0.25, -0.2) is 4.98 Å². The van der Waals surface area contributed by atoms with Gasteiger partial charge in [-0.15, -0.1) is 11.3 Å². The Kier molecular flexibility index (Phi) is 6.34. The molecule has 0 radical (unpaired) electrons. The highest BCUT2D eigenvalue weighted by molar-refractivity contribution is 7.09. The molecule has 6 heteroatoms. The minimum atomic E-state index is -0.178. The molecule has 0 aliphatic rings. The Labute approximate surface area is 147 Å². The van der Waals surface area contributed by atoms with Crippen molar-refractivity contribution in [2.24, 2.45) is 5.73 Å². The number of nitrogens with zero attached hydrogens (tertiary/aromatic N) is 1. The van der Waals surface area contributed by atoms with Crippen molar-refractivity contribution in [3.8, 4) is 5.75 Å². The molecule has 1 heterocycles. The highest BCUT2D eigenvalue weighted by Gasteiger charge is 2.18. The SMILES string of the molecule is CC(C)(C)c1ccccc1OCCNC(=O)c1csc(CCN)n1. The fourth-order valence-electron chi connectivity index (χ4n) is 2.28. The van der Waals surface area contributed by atoms with Gasteiger partial charge in [0.2, 0.25) is 0 Å². The number of amides is 1. The lowest BCUT2D eigenvalue weighted by molar-refractivity contribution is 0.0942. The Hall–Kier alpha value is -1.92. The minimum Gasteiger partial charge on any atom is -0.491 e. The van der Waals surface area contributed by atoms with Gasteiger partial charge >= 0.3 is 0 Å². The number of hydrogen-bond donors (Lipinski definition) is 2. The van der Waals surface area contributed by atoms with E-state index >= 15 is 0 Å². The number of carbonyl (C=O) groups excluding carboxylic acids is 1. The van der Waals surface area contributed by atoms with E-state index in [1.807, 2.05) is 18.2 Å². The zero-order chi connectivity index (χ0) is 17.6. The molecule has 1 amide bonds. The highest BCUT2D eigenvalue weighted by atomic mass is 32.1. The van der Waals surface area contributed by atoms with E-state index in [1.165, 1.54) is 11.3 Å². The van der Waals surface area contributed by atoms with Crippen LogP contribution in [0.5, 0.6) is 5.75 Å². The lowest BCUT2D eigenvalue weighted by Crippen LogP contribution is -2.28. The first-order valence-corrected chi connectivity index (χ1v) is 8.94. The quantitative estimate of drug-likeness (QED) is 0.755. The third kappa shape index (κ3) is 5.04. The fourth-order valence-corrected chi connectivity index (χ4v) is 3.08. The van der Waals surface area contributed by atoms with E-state index in [0.29, 0.717) is 31.8 Å². The summed E-state index contributed by atoms with van der Waals surface area (Å²) in [5.41, 5.74) is 7.10. The van der Waals surface area contributed by atoms with Gasteiger partial charge in [0.05, 0.1) is 11.6 Å². The predicted molar refractivity (Wildman–Crippen MR) is 97.8 cm³/mol. The fraction of sp³-hybridized carbons (Fsp3) is 0.444. The number of ether oxygens (including phenoxy) is 1. The Morgan fingerprint density at radius 3 is 2.79 bits per heavy atom. The molecular weight excluding hydrogens is 322 g/mol. The van der Waals surface area contributed by atoms with Crippen LogP contribution in [0.15, 0.2) is 29.6 Å². The molecule has 1 aromatic carbocycles. The number of rotatable bonds is 7. The largest absolute Gasteiger partial charge is 0.491 e. The summed E-state index contributed by atoms with van der Waals surface area (Å²) < 4.78 is 5.84. The van der Waals surface area contributed by atoms with Crippen molar-refractivity contribution in [1.29, 1.82) is 0 Å². The molecule has 1 aromatic heterocycles. The van der Waals surface area contributed by atoms with Gasteiger partial charge in [-0.2, -0.15) is 0 Å². The normalized spacial score (nSPS) is 11.3. The van der Waals surface area contributed by atoms with Crippen molar-refractivity contribution < 1.29 is 9.53 Å². The zero-order valence-corrected chi connectivity index (χ0v) is 15.3. The summed E-state index contributed by atoms with van der Waals surface area (Å²) in [7, 11) is 0. The molecule has 0 spiro atoms. The second-order valence-electron chi connectivity index (χ2n) is 6.52. The van der Waals surface area contributed by atoms with E-state index in [4.69, 9.17) is 10.5 Å². The Balaban J connectivity index is 1.84. The van der Waals surface area contributed by atoms with E-state index in [0.717, 1.165) is 16.3 Å². The van der Waals surface area contributed by atoms with E-state index in [9.17, 15) is 4.79 Å². The van der Waals surface area contributed by atoms with Gasteiger partial charge in [-0.3, -0.25) is 4.79 Å². The van der Waals surface area contributed by atoms with Crippen molar-refractivity contribution in [3.05, 3.63) is 45.9 Å². The van der Waals surface area contributed by atoms with E-state index in [1.54, 1.807) is 5.38 Å². The molecule has 24 heavy (non-hydrogen) atoms. The minimum absolute atomic E-state index is 0.0137. The molecule has 2 aromatic rings. The van der Waals surface area contributed by atoms with E-state index < -0.39 is 0 Å². The maximum absolute atomic E-state index is 12.0. The number of carbonyl (C=O) groups is 1. The molecular formula is C18H25N3O2S. The van der Waals surface area contributed by atoms with Crippen molar-refractivity contribution >= 4 is 17.2 Å². The Bertz CT molecular complexity index is 677. The molecule has 0 aliphatic heterocycles. The van der Waals surface area contributed by atoms with Crippen LogP contribution in [0.3, 0.4) is 0 Å². The number of nitrogens with one attached hydrogen (secondary N) is 1. The Morgan fingerprint density at radius 1 is 1.33 bits per heavy atom. The average Bonchev–Trinajstić information content (AvgIpc) is 3.00. The molecule has 3 N–H and O–H groups in total. The van der Waals surface area contributed by atoms with E-state index in [-0.39, 0.29) is 11.3 Å². The molecule has 0 aliphatic carbocycles. The first-order valence-electron chi connectivity index (χ1n) is 8.07. The lowest BCUT2D eigenvalue weighted by atomic mass is 9.86. The molecule has 2 rings (SSSR count). The summed E-state index contributed by atoms with van der Waals surface area (Å²) >= 11 is 1.46. The van der Waals surface area contributed by atoms with Crippen LogP contribution in [0.25, 0.3) is 0 Å². The molecule has 0 atom stereocenters. The van der Waals surface area contributed by atoms with Gasteiger partial charge in [0, 0.05) is 11.8 Å². The topological polar surface area (TPSA) is 77.2 Å². The molecule has 0 saturated carbocycles. The van der Waals surface area contributed by atoms with Crippen LogP contribution in [-0.4, -0.2) is 30.6 Å². The first-order chi connectivity index (χ1) is 11.4. The van der Waals surface area contributed by atoms with Crippen molar-refractivity contribution in [2.75, 3.05) is 19.7 Å². The van der Waals surface area contributed by atoms with Gasteiger partial charge in [-0.05, 0) is 23.6 Å². The van der Waals surface area contributed by atoms with Crippen molar-refractivity contribution in [2.45, 2.75) is 32.6 Å².